The molecular weight excluding hydrogens is 242 g/mol. The Kier molecular flexibility index (Phi) is 3.23. The Balaban J connectivity index is 2.74. The third-order valence-electron chi connectivity index (χ3n) is 1.09. The largest absolute Gasteiger partial charge is 0.411 e. The van der Waals surface area contributed by atoms with Gasteiger partial charge in [-0.05, 0) is 24.3 Å². The van der Waals surface area contributed by atoms with E-state index in [2.05, 4.69) is 21.2 Å². The summed E-state index contributed by atoms with van der Waals surface area (Å²) in [6.45, 7) is 0. The lowest BCUT2D eigenvalue weighted by Gasteiger charge is -2.08. The zero-order valence-corrected chi connectivity index (χ0v) is 8.72. The van der Waals surface area contributed by atoms with Crippen LogP contribution in [0.4, 0.5) is 5.69 Å². The predicted octanol–water partition coefficient (Wildman–Crippen LogP) is 2.69. The van der Waals surface area contributed by atoms with Crippen molar-refractivity contribution in [2.24, 2.45) is 0 Å². The van der Waals surface area contributed by atoms with Crippen LogP contribution in [0.15, 0.2) is 28.7 Å². The van der Waals surface area contributed by atoms with Gasteiger partial charge >= 0.3 is 0 Å². The van der Waals surface area contributed by atoms with Gasteiger partial charge in [0.25, 0.3) is 0 Å². The van der Waals surface area contributed by atoms with Gasteiger partial charge in [-0.15, -0.1) is 0 Å². The van der Waals surface area contributed by atoms with E-state index in [1.165, 1.54) is 0 Å². The third kappa shape index (κ3) is 3.14. The molecular formula is C7H5BrNS2-. The molecule has 0 heterocycles. The molecule has 1 nitrogen and oxygen atoms in total. The summed E-state index contributed by atoms with van der Waals surface area (Å²) in [5.74, 6) is 0. The summed E-state index contributed by atoms with van der Waals surface area (Å²) in [6.07, 6.45) is 0. The second-order valence-corrected chi connectivity index (χ2v) is 3.91. The first-order valence-electron chi connectivity index (χ1n) is 2.92. The Labute approximate surface area is 84.7 Å². The van der Waals surface area contributed by atoms with E-state index in [0.29, 0.717) is 4.32 Å². The van der Waals surface area contributed by atoms with Crippen molar-refractivity contribution in [1.82, 2.24) is 0 Å². The lowest BCUT2D eigenvalue weighted by molar-refractivity contribution is 1.62. The van der Waals surface area contributed by atoms with Gasteiger partial charge in [-0.1, -0.05) is 20.3 Å². The molecule has 0 aromatic heterocycles. The molecule has 0 amide bonds. The molecule has 1 N–H and O–H groups in total. The lowest BCUT2D eigenvalue weighted by atomic mass is 10.3. The molecule has 0 atom stereocenters. The van der Waals surface area contributed by atoms with E-state index in [0.717, 1.165) is 10.2 Å². The first-order valence-corrected chi connectivity index (χ1v) is 4.53. The zero-order valence-electron chi connectivity index (χ0n) is 5.50. The van der Waals surface area contributed by atoms with Gasteiger partial charge in [0.15, 0.2) is 0 Å². The van der Waals surface area contributed by atoms with Crippen molar-refractivity contribution >= 4 is 50.8 Å². The minimum Gasteiger partial charge on any atom is -0.411 e. The molecule has 0 fully saturated rings. The van der Waals surface area contributed by atoms with Crippen LogP contribution in [0.5, 0.6) is 0 Å². The maximum Gasteiger partial charge on any atom is 0.0372 e. The first kappa shape index (κ1) is 8.90. The van der Waals surface area contributed by atoms with E-state index < -0.39 is 0 Å². The summed E-state index contributed by atoms with van der Waals surface area (Å²) in [5, 5.41) is 2.86. The highest BCUT2D eigenvalue weighted by Crippen LogP contribution is 2.13. The molecule has 0 bridgehead atoms. The minimum absolute atomic E-state index is 0.368. The highest BCUT2D eigenvalue weighted by Gasteiger charge is 1.87. The second-order valence-electron chi connectivity index (χ2n) is 1.92. The van der Waals surface area contributed by atoms with Crippen molar-refractivity contribution in [3.63, 3.8) is 0 Å². The van der Waals surface area contributed by atoms with Crippen molar-refractivity contribution in [2.45, 2.75) is 0 Å². The summed E-state index contributed by atoms with van der Waals surface area (Å²) in [6, 6.07) is 7.66. The zero-order chi connectivity index (χ0) is 8.27. The molecule has 4 heteroatoms. The van der Waals surface area contributed by atoms with Gasteiger partial charge in [0.05, 0.1) is 0 Å². The smallest absolute Gasteiger partial charge is 0.0372 e. The summed E-state index contributed by atoms with van der Waals surface area (Å²) in [5.41, 5.74) is 0.924. The van der Waals surface area contributed by atoms with Gasteiger partial charge in [0, 0.05) is 10.2 Å². The maximum absolute atomic E-state index is 4.70. The van der Waals surface area contributed by atoms with Crippen molar-refractivity contribution in [3.8, 4) is 0 Å². The standard InChI is InChI=1S/C7H6BrNS2/c8-5-1-3-6(4-2-5)9-7(10)11/h1-4H,(H2,9,10,11)/p-1. The van der Waals surface area contributed by atoms with Crippen LogP contribution < -0.4 is 5.32 Å². The van der Waals surface area contributed by atoms with Crippen LogP contribution in [-0.2, 0) is 12.6 Å². The molecule has 0 aliphatic heterocycles. The van der Waals surface area contributed by atoms with Gasteiger partial charge in [-0.3, -0.25) is 0 Å². The van der Waals surface area contributed by atoms with Crippen LogP contribution in [0, 0.1) is 0 Å². The molecule has 0 aliphatic carbocycles. The Hall–Kier alpha value is -0.190. The Morgan fingerprint density at radius 1 is 1.36 bits per heavy atom. The summed E-state index contributed by atoms with van der Waals surface area (Å²) < 4.78 is 1.41. The molecule has 1 aromatic rings. The summed E-state index contributed by atoms with van der Waals surface area (Å²) in [7, 11) is 0. The van der Waals surface area contributed by atoms with Crippen molar-refractivity contribution < 1.29 is 0 Å². The molecule has 11 heavy (non-hydrogen) atoms. The van der Waals surface area contributed by atoms with Crippen LogP contribution in [-0.4, -0.2) is 4.32 Å². The van der Waals surface area contributed by atoms with Gasteiger partial charge in [-0.25, -0.2) is 0 Å². The molecule has 0 spiro atoms. The molecule has 0 radical (unpaired) electrons. The topological polar surface area (TPSA) is 12.0 Å². The van der Waals surface area contributed by atoms with Crippen LogP contribution in [0.2, 0.25) is 0 Å². The van der Waals surface area contributed by atoms with Gasteiger partial charge in [-0.2, -0.15) is 0 Å². The molecule has 1 rings (SSSR count). The van der Waals surface area contributed by atoms with Crippen molar-refractivity contribution in [3.05, 3.63) is 28.7 Å². The van der Waals surface area contributed by atoms with E-state index in [1.807, 2.05) is 24.3 Å². The monoisotopic (exact) mass is 246 g/mol. The molecule has 0 unspecified atom stereocenters. The molecule has 0 saturated heterocycles. The normalized spacial score (nSPS) is 9.18. The first-order chi connectivity index (χ1) is 5.18. The van der Waals surface area contributed by atoms with E-state index >= 15 is 0 Å². The predicted molar refractivity (Wildman–Crippen MR) is 57.7 cm³/mol. The van der Waals surface area contributed by atoms with Crippen LogP contribution >= 0.6 is 28.1 Å². The van der Waals surface area contributed by atoms with Crippen molar-refractivity contribution in [2.75, 3.05) is 5.32 Å². The number of nitrogens with one attached hydrogen (secondary N) is 1. The summed E-state index contributed by atoms with van der Waals surface area (Å²) >= 11 is 12.7. The molecule has 0 aliphatic rings. The highest BCUT2D eigenvalue weighted by molar-refractivity contribution is 9.10. The number of hydrogen-bond donors (Lipinski definition) is 1. The number of benzene rings is 1. The third-order valence-corrected chi connectivity index (χ3v) is 1.82. The van der Waals surface area contributed by atoms with E-state index in [9.17, 15) is 0 Å². The lowest BCUT2D eigenvalue weighted by Crippen LogP contribution is -2.03. The number of rotatable bonds is 1. The maximum atomic E-state index is 4.70. The SMILES string of the molecule is S=C([S-])Nc1ccc(Br)cc1. The summed E-state index contributed by atoms with van der Waals surface area (Å²) in [4.78, 5) is 0. The van der Waals surface area contributed by atoms with Crippen molar-refractivity contribution in [1.29, 1.82) is 0 Å². The fourth-order valence-corrected chi connectivity index (χ4v) is 1.15. The average Bonchev–Trinajstić information content (AvgIpc) is 1.93. The molecule has 58 valence electrons. The van der Waals surface area contributed by atoms with Gasteiger partial charge in [0.2, 0.25) is 0 Å². The highest BCUT2D eigenvalue weighted by atomic mass is 79.9. The van der Waals surface area contributed by atoms with E-state index in [1.54, 1.807) is 0 Å². The Morgan fingerprint density at radius 3 is 2.36 bits per heavy atom. The Morgan fingerprint density at radius 2 is 1.91 bits per heavy atom. The van der Waals surface area contributed by atoms with Crippen LogP contribution in [0.1, 0.15) is 0 Å². The minimum atomic E-state index is 0.368. The number of halogens is 1. The number of hydrogen-bond acceptors (Lipinski definition) is 2. The quantitative estimate of drug-likeness (QED) is 0.605. The molecule has 1 aromatic carbocycles. The Bertz CT molecular complexity index is 258. The van der Waals surface area contributed by atoms with E-state index in [4.69, 9.17) is 24.8 Å². The van der Waals surface area contributed by atoms with E-state index in [-0.39, 0.29) is 0 Å². The molecule has 0 saturated carbocycles. The fraction of sp³-hybridized carbons (Fsp3) is 0. The number of thiocarbonyl (C=S) groups is 1. The number of anilines is 1. The van der Waals surface area contributed by atoms with Crippen LogP contribution in [0.3, 0.4) is 0 Å². The fourth-order valence-electron chi connectivity index (χ4n) is 0.651. The van der Waals surface area contributed by atoms with Gasteiger partial charge in [0.1, 0.15) is 0 Å². The van der Waals surface area contributed by atoms with Gasteiger partial charge < -0.3 is 30.2 Å². The average molecular weight is 247 g/mol. The van der Waals surface area contributed by atoms with Crippen LogP contribution in [0.25, 0.3) is 0 Å². The second kappa shape index (κ2) is 3.99.